The molecule has 0 saturated heterocycles. The molecule has 0 aliphatic heterocycles. The van der Waals surface area contributed by atoms with Gasteiger partial charge in [-0.15, -0.1) is 0 Å². The summed E-state index contributed by atoms with van der Waals surface area (Å²) in [6.07, 6.45) is 3.57. The summed E-state index contributed by atoms with van der Waals surface area (Å²) in [6, 6.07) is 11.0. The van der Waals surface area contributed by atoms with Crippen LogP contribution in [0.4, 0.5) is 5.69 Å². The summed E-state index contributed by atoms with van der Waals surface area (Å²) in [6.45, 7) is 1.98. The van der Waals surface area contributed by atoms with E-state index in [2.05, 4.69) is 10.3 Å². The number of carbonyl (C=O) groups excluding carboxylic acids is 1. The number of hydrogen-bond donors (Lipinski definition) is 1. The smallest absolute Gasteiger partial charge is 0.275 e. The van der Waals surface area contributed by atoms with Gasteiger partial charge in [0.2, 0.25) is 0 Å². The highest BCUT2D eigenvalue weighted by atomic mass is 35.5. The molecule has 3 rings (SSSR count). The van der Waals surface area contributed by atoms with Crippen LogP contribution in [0.2, 0.25) is 5.02 Å². The Balaban J connectivity index is 1.91. The van der Waals surface area contributed by atoms with Crippen LogP contribution in [0, 0.1) is 6.92 Å². The third kappa shape index (κ3) is 2.38. The van der Waals surface area contributed by atoms with Gasteiger partial charge in [-0.1, -0.05) is 23.7 Å². The highest BCUT2D eigenvalue weighted by molar-refractivity contribution is 6.33. The number of anilines is 1. The van der Waals surface area contributed by atoms with Crippen molar-refractivity contribution < 1.29 is 4.79 Å². The van der Waals surface area contributed by atoms with E-state index in [-0.39, 0.29) is 5.91 Å². The van der Waals surface area contributed by atoms with E-state index < -0.39 is 0 Å². The number of pyridine rings is 1. The van der Waals surface area contributed by atoms with E-state index in [4.69, 9.17) is 11.6 Å². The molecule has 0 fully saturated rings. The Morgan fingerprint density at radius 3 is 2.90 bits per heavy atom. The molecule has 0 spiro atoms. The average Bonchev–Trinajstić information content (AvgIpc) is 2.84. The fourth-order valence-electron chi connectivity index (χ4n) is 1.94. The molecule has 20 heavy (non-hydrogen) atoms. The Kier molecular flexibility index (Phi) is 3.16. The van der Waals surface area contributed by atoms with Gasteiger partial charge in [-0.3, -0.25) is 4.79 Å². The number of aromatic nitrogens is 2. The molecule has 2 aromatic heterocycles. The number of rotatable bonds is 2. The number of nitrogens with zero attached hydrogens (tertiary/aromatic N) is 2. The lowest BCUT2D eigenvalue weighted by atomic mass is 10.3. The fraction of sp³-hybridized carbons (Fsp3) is 0.0667. The number of aryl methyl sites for hydroxylation is 1. The zero-order chi connectivity index (χ0) is 14.1. The minimum atomic E-state index is -0.278. The first-order chi connectivity index (χ1) is 9.63. The predicted octanol–water partition coefficient (Wildman–Crippen LogP) is 3.55. The minimum Gasteiger partial charge on any atom is -0.319 e. The molecule has 100 valence electrons. The minimum absolute atomic E-state index is 0.278. The first-order valence-corrected chi connectivity index (χ1v) is 6.52. The number of hydrogen-bond acceptors (Lipinski definition) is 2. The van der Waals surface area contributed by atoms with Gasteiger partial charge in [-0.2, -0.15) is 0 Å². The fourth-order valence-corrected chi connectivity index (χ4v) is 2.13. The van der Waals surface area contributed by atoms with Crippen molar-refractivity contribution >= 4 is 28.8 Å². The van der Waals surface area contributed by atoms with Crippen LogP contribution in [0.5, 0.6) is 0 Å². The van der Waals surface area contributed by atoms with E-state index in [0.29, 0.717) is 16.4 Å². The summed E-state index contributed by atoms with van der Waals surface area (Å²) in [4.78, 5) is 16.5. The number of benzene rings is 1. The van der Waals surface area contributed by atoms with Crippen LogP contribution in [-0.4, -0.2) is 15.3 Å². The second kappa shape index (κ2) is 4.98. The van der Waals surface area contributed by atoms with Gasteiger partial charge in [0.15, 0.2) is 0 Å². The van der Waals surface area contributed by atoms with Crippen LogP contribution in [0.3, 0.4) is 0 Å². The van der Waals surface area contributed by atoms with Crippen LogP contribution in [0.1, 0.15) is 16.1 Å². The Morgan fingerprint density at radius 1 is 1.30 bits per heavy atom. The summed E-state index contributed by atoms with van der Waals surface area (Å²) >= 11 is 6.01. The molecule has 0 saturated carbocycles. The molecule has 0 bridgehead atoms. The number of imidazole rings is 1. The molecule has 5 heteroatoms. The molecule has 3 aromatic rings. The third-order valence-electron chi connectivity index (χ3n) is 2.97. The van der Waals surface area contributed by atoms with Crippen LogP contribution in [0.15, 0.2) is 48.8 Å². The first kappa shape index (κ1) is 12.7. The normalized spacial score (nSPS) is 10.7. The molecule has 0 atom stereocenters. The topological polar surface area (TPSA) is 46.4 Å². The summed E-state index contributed by atoms with van der Waals surface area (Å²) in [5.74, 6) is -0.278. The van der Waals surface area contributed by atoms with Gasteiger partial charge in [0.1, 0.15) is 11.3 Å². The lowest BCUT2D eigenvalue weighted by Gasteiger charge is -2.04. The van der Waals surface area contributed by atoms with E-state index in [0.717, 1.165) is 11.2 Å². The molecule has 0 unspecified atom stereocenters. The van der Waals surface area contributed by atoms with Crippen LogP contribution in [-0.2, 0) is 0 Å². The maximum atomic E-state index is 12.2. The number of halogens is 1. The number of fused-ring (bicyclic) bond motifs is 1. The number of nitrogens with one attached hydrogen (secondary N) is 1. The largest absolute Gasteiger partial charge is 0.319 e. The highest BCUT2D eigenvalue weighted by Crippen LogP contribution is 2.21. The molecule has 2 heterocycles. The lowest BCUT2D eigenvalue weighted by Crippen LogP contribution is -2.12. The average molecular weight is 286 g/mol. The van der Waals surface area contributed by atoms with Crippen LogP contribution >= 0.6 is 11.6 Å². The first-order valence-electron chi connectivity index (χ1n) is 6.15. The van der Waals surface area contributed by atoms with Crippen molar-refractivity contribution in [3.8, 4) is 0 Å². The molecule has 1 amide bonds. The number of carbonyl (C=O) groups is 1. The van der Waals surface area contributed by atoms with Gasteiger partial charge in [-0.25, -0.2) is 4.98 Å². The number of amides is 1. The Bertz CT molecular complexity index is 795. The molecule has 1 aromatic carbocycles. The van der Waals surface area contributed by atoms with Crippen molar-refractivity contribution in [2.45, 2.75) is 6.92 Å². The van der Waals surface area contributed by atoms with Crippen molar-refractivity contribution in [3.05, 3.63) is 65.1 Å². The molecular formula is C15H12ClN3O. The SMILES string of the molecule is Cc1ccn2cc(C(=O)Nc3ccccc3Cl)nc2c1. The number of para-hydroxylation sites is 1. The Morgan fingerprint density at radius 2 is 2.10 bits per heavy atom. The van der Waals surface area contributed by atoms with Gasteiger partial charge < -0.3 is 9.72 Å². The summed E-state index contributed by atoms with van der Waals surface area (Å²) in [5.41, 5.74) is 2.78. The van der Waals surface area contributed by atoms with Crippen molar-refractivity contribution in [2.75, 3.05) is 5.32 Å². The molecule has 4 nitrogen and oxygen atoms in total. The standard InChI is InChI=1S/C15H12ClN3O/c1-10-6-7-19-9-13(17-14(19)8-10)15(20)18-12-5-3-2-4-11(12)16/h2-9H,1H3,(H,18,20). The van der Waals surface area contributed by atoms with Gasteiger partial charge in [0.05, 0.1) is 10.7 Å². The predicted molar refractivity (Wildman–Crippen MR) is 79.3 cm³/mol. The second-order valence-corrected chi connectivity index (χ2v) is 4.94. The van der Waals surface area contributed by atoms with Crippen LogP contribution in [0.25, 0.3) is 5.65 Å². The van der Waals surface area contributed by atoms with Crippen molar-refractivity contribution in [3.63, 3.8) is 0 Å². The maximum absolute atomic E-state index is 12.2. The third-order valence-corrected chi connectivity index (χ3v) is 3.30. The van der Waals surface area contributed by atoms with E-state index in [1.807, 2.05) is 41.8 Å². The van der Waals surface area contributed by atoms with Crippen molar-refractivity contribution in [1.82, 2.24) is 9.38 Å². The zero-order valence-electron chi connectivity index (χ0n) is 10.8. The maximum Gasteiger partial charge on any atom is 0.275 e. The quantitative estimate of drug-likeness (QED) is 0.783. The molecule has 1 N–H and O–H groups in total. The molecule has 0 radical (unpaired) electrons. The summed E-state index contributed by atoms with van der Waals surface area (Å²) in [5, 5.41) is 3.26. The zero-order valence-corrected chi connectivity index (χ0v) is 11.6. The van der Waals surface area contributed by atoms with E-state index in [1.54, 1.807) is 18.3 Å². The van der Waals surface area contributed by atoms with E-state index in [9.17, 15) is 4.79 Å². The molecule has 0 aliphatic rings. The van der Waals surface area contributed by atoms with Gasteiger partial charge in [-0.05, 0) is 36.8 Å². The lowest BCUT2D eigenvalue weighted by molar-refractivity contribution is 0.102. The van der Waals surface area contributed by atoms with Gasteiger partial charge in [0.25, 0.3) is 5.91 Å². The monoisotopic (exact) mass is 285 g/mol. The molecule has 0 aliphatic carbocycles. The van der Waals surface area contributed by atoms with Gasteiger partial charge >= 0.3 is 0 Å². The van der Waals surface area contributed by atoms with E-state index in [1.165, 1.54) is 0 Å². The van der Waals surface area contributed by atoms with Gasteiger partial charge in [0, 0.05) is 12.4 Å². The van der Waals surface area contributed by atoms with Crippen molar-refractivity contribution in [1.29, 1.82) is 0 Å². The second-order valence-electron chi connectivity index (χ2n) is 4.53. The summed E-state index contributed by atoms with van der Waals surface area (Å²) in [7, 11) is 0. The summed E-state index contributed by atoms with van der Waals surface area (Å²) < 4.78 is 1.81. The Labute approximate surface area is 121 Å². The molecular weight excluding hydrogens is 274 g/mol. The Hall–Kier alpha value is -2.33. The van der Waals surface area contributed by atoms with Crippen molar-refractivity contribution in [2.24, 2.45) is 0 Å². The van der Waals surface area contributed by atoms with E-state index >= 15 is 0 Å². The van der Waals surface area contributed by atoms with Crippen LogP contribution < -0.4 is 5.32 Å². The highest BCUT2D eigenvalue weighted by Gasteiger charge is 2.12.